The second kappa shape index (κ2) is 11.1. The zero-order chi connectivity index (χ0) is 34.0. The Bertz CT molecular complexity index is 2840. The minimum Gasteiger partial charge on any atom is -0.353 e. The Morgan fingerprint density at radius 3 is 1.31 bits per heavy atom. The third-order valence-electron chi connectivity index (χ3n) is 10.5. The van der Waals surface area contributed by atoms with Crippen molar-refractivity contribution in [3.8, 4) is 0 Å². The van der Waals surface area contributed by atoms with Crippen LogP contribution in [0.1, 0.15) is 78.0 Å². The lowest BCUT2D eigenvalue weighted by Gasteiger charge is -2.20. The summed E-state index contributed by atoms with van der Waals surface area (Å²) in [5.41, 5.74) is 9.11. The Balaban J connectivity index is 1.58. The third kappa shape index (κ3) is 5.05. The van der Waals surface area contributed by atoms with Crippen LogP contribution in [-0.4, -0.2) is 9.97 Å². The molecule has 0 aliphatic heterocycles. The molecule has 5 heteroatoms. The van der Waals surface area contributed by atoms with Crippen LogP contribution in [0.4, 0.5) is 0 Å². The van der Waals surface area contributed by atoms with Gasteiger partial charge in [-0.25, -0.2) is 0 Å². The van der Waals surface area contributed by atoms with Gasteiger partial charge in [0.2, 0.25) is 0 Å². The highest BCUT2D eigenvalue weighted by molar-refractivity contribution is 14.1. The third-order valence-corrected chi connectivity index (χ3v) is 13.4. The number of fused-ring (bicyclic) bond motifs is 10. The molecule has 9 aromatic rings. The molecule has 5 heterocycles. The first kappa shape index (κ1) is 31.6. The number of aromatic nitrogens is 2. The van der Waals surface area contributed by atoms with Crippen molar-refractivity contribution in [3.63, 3.8) is 0 Å². The van der Waals surface area contributed by atoms with Gasteiger partial charge in [0, 0.05) is 65.5 Å². The van der Waals surface area contributed by atoms with Gasteiger partial charge in [0.05, 0.1) is 22.1 Å². The molecule has 246 valence electrons. The fraction of sp³-hybridized carbons (Fsp3) is 0.273. The second-order valence-electron chi connectivity index (χ2n) is 16.0. The highest BCUT2D eigenvalue weighted by Crippen LogP contribution is 2.44. The number of unbranched alkanes of at least 4 members (excludes halogenated alkanes) is 1. The fourth-order valence-corrected chi connectivity index (χ4v) is 10.4. The van der Waals surface area contributed by atoms with Crippen molar-refractivity contribution in [2.24, 2.45) is 0 Å². The topological polar surface area (TPSA) is 31.6 Å². The van der Waals surface area contributed by atoms with Crippen LogP contribution in [0.3, 0.4) is 0 Å². The number of benzene rings is 4. The van der Waals surface area contributed by atoms with Gasteiger partial charge in [-0.2, -0.15) is 0 Å². The Labute approximate surface area is 308 Å². The average molecular weight is 789 g/mol. The van der Waals surface area contributed by atoms with E-state index in [2.05, 4.69) is 154 Å². The van der Waals surface area contributed by atoms with Crippen LogP contribution >= 0.6 is 45.3 Å². The molecule has 0 aliphatic rings. The molecule has 0 spiro atoms. The molecule has 2 nitrogen and oxygen atoms in total. The van der Waals surface area contributed by atoms with Crippen LogP contribution in [0.2, 0.25) is 0 Å². The molecule has 0 aliphatic carbocycles. The summed E-state index contributed by atoms with van der Waals surface area (Å²) in [4.78, 5) is 8.05. The zero-order valence-electron chi connectivity index (χ0n) is 29.2. The Hall–Kier alpha value is -3.39. The van der Waals surface area contributed by atoms with E-state index >= 15 is 0 Å². The van der Waals surface area contributed by atoms with Crippen LogP contribution in [0.25, 0.3) is 84.0 Å². The molecule has 0 saturated carbocycles. The summed E-state index contributed by atoms with van der Waals surface area (Å²) < 4.78 is 6.48. The monoisotopic (exact) mass is 788 g/mol. The molecule has 0 fully saturated rings. The van der Waals surface area contributed by atoms with Crippen molar-refractivity contribution in [3.05, 3.63) is 93.1 Å². The summed E-state index contributed by atoms with van der Waals surface area (Å²) in [5, 5.41) is 10.5. The van der Waals surface area contributed by atoms with Crippen molar-refractivity contribution in [2.45, 2.75) is 78.6 Å². The van der Waals surface area contributed by atoms with Gasteiger partial charge in [0.1, 0.15) is 0 Å². The quantitative estimate of drug-likeness (QED) is 0.167. The molecule has 9 rings (SSSR count). The SMILES string of the molecule is CCCCc1cc2c3ccc(s3)c3cc(C(C)(C)C)cc4c5cc(C(C)(C)C)cc(c6ccc(s6)c6cc(I)cc7c(c1)c2[nH]c67)c5[nH]c34. The maximum Gasteiger partial charge on any atom is 0.0553 e. The summed E-state index contributed by atoms with van der Waals surface area (Å²) in [6.45, 7) is 16.3. The van der Waals surface area contributed by atoms with E-state index < -0.39 is 0 Å². The van der Waals surface area contributed by atoms with Gasteiger partial charge in [0.25, 0.3) is 0 Å². The largest absolute Gasteiger partial charge is 0.353 e. The number of H-pyrrole nitrogens is 2. The molecule has 0 radical (unpaired) electrons. The van der Waals surface area contributed by atoms with Gasteiger partial charge < -0.3 is 9.97 Å². The van der Waals surface area contributed by atoms with E-state index in [1.54, 1.807) is 0 Å². The summed E-state index contributed by atoms with van der Waals surface area (Å²) in [6.07, 6.45) is 3.48. The molecule has 49 heavy (non-hydrogen) atoms. The Kier molecular flexibility index (Phi) is 7.12. The number of aryl methyl sites for hydroxylation is 1. The number of hydrogen-bond donors (Lipinski definition) is 2. The number of rotatable bonds is 3. The van der Waals surface area contributed by atoms with E-state index in [0.29, 0.717) is 0 Å². The van der Waals surface area contributed by atoms with Gasteiger partial charge in [-0.1, -0.05) is 54.9 Å². The maximum atomic E-state index is 4.04. The van der Waals surface area contributed by atoms with Gasteiger partial charge in [-0.3, -0.25) is 0 Å². The van der Waals surface area contributed by atoms with Crippen LogP contribution in [0.5, 0.6) is 0 Å². The number of nitrogens with one attached hydrogen (secondary N) is 2. The molecule has 0 atom stereocenters. The van der Waals surface area contributed by atoms with Crippen molar-refractivity contribution >= 4 is 129 Å². The molecule has 0 unspecified atom stereocenters. The molecule has 5 aromatic heterocycles. The normalized spacial score (nSPS) is 13.1. The van der Waals surface area contributed by atoms with Crippen molar-refractivity contribution in [1.82, 2.24) is 9.97 Å². The van der Waals surface area contributed by atoms with E-state index in [-0.39, 0.29) is 10.8 Å². The molecule has 2 N–H and O–H groups in total. The van der Waals surface area contributed by atoms with Gasteiger partial charge >= 0.3 is 0 Å². The van der Waals surface area contributed by atoms with Gasteiger partial charge in [0.15, 0.2) is 0 Å². The predicted molar refractivity (Wildman–Crippen MR) is 228 cm³/mol. The highest BCUT2D eigenvalue weighted by atomic mass is 127. The number of halogens is 1. The lowest BCUT2D eigenvalue weighted by molar-refractivity contribution is 0.591. The number of thiophene rings is 2. The molecule has 8 bridgehead atoms. The van der Waals surface area contributed by atoms with E-state index in [1.807, 2.05) is 22.7 Å². The van der Waals surface area contributed by atoms with Gasteiger partial charge in [-0.05, 0) is 136 Å². The second-order valence-corrected chi connectivity index (χ2v) is 19.4. The number of aromatic amines is 2. The van der Waals surface area contributed by atoms with E-state index in [0.717, 1.165) is 6.42 Å². The summed E-state index contributed by atoms with van der Waals surface area (Å²) in [7, 11) is 0. The lowest BCUT2D eigenvalue weighted by Crippen LogP contribution is -2.11. The number of hydrogen-bond acceptors (Lipinski definition) is 2. The first-order valence-corrected chi connectivity index (χ1v) is 20.2. The Morgan fingerprint density at radius 2 is 0.857 bits per heavy atom. The first-order chi connectivity index (χ1) is 23.4. The van der Waals surface area contributed by atoms with Crippen molar-refractivity contribution < 1.29 is 0 Å². The smallest absolute Gasteiger partial charge is 0.0553 e. The summed E-state index contributed by atoms with van der Waals surface area (Å²) in [6, 6.07) is 28.9. The molecule has 0 saturated heterocycles. The van der Waals surface area contributed by atoms with Crippen LogP contribution in [0, 0.1) is 3.57 Å². The molecule has 4 aromatic carbocycles. The van der Waals surface area contributed by atoms with E-state index in [4.69, 9.17) is 0 Å². The fourth-order valence-electron chi connectivity index (χ4n) is 7.65. The lowest BCUT2D eigenvalue weighted by atomic mass is 9.84. The van der Waals surface area contributed by atoms with Gasteiger partial charge in [-0.15, -0.1) is 22.7 Å². The van der Waals surface area contributed by atoms with Crippen molar-refractivity contribution in [2.75, 3.05) is 0 Å². The van der Waals surface area contributed by atoms with Crippen LogP contribution < -0.4 is 0 Å². The first-order valence-electron chi connectivity index (χ1n) is 17.5. The van der Waals surface area contributed by atoms with Crippen LogP contribution in [0.15, 0.2) is 72.8 Å². The minimum absolute atomic E-state index is 0.0108. The Morgan fingerprint density at radius 1 is 0.510 bits per heavy atom. The zero-order valence-corrected chi connectivity index (χ0v) is 33.0. The predicted octanol–water partition coefficient (Wildman–Crippen LogP) is 14.8. The maximum absolute atomic E-state index is 4.04. The minimum atomic E-state index is 0.0108. The molecular formula is C44H41IN2S2. The van der Waals surface area contributed by atoms with E-state index in [1.165, 1.54) is 117 Å². The molecular weight excluding hydrogens is 748 g/mol. The molecule has 0 amide bonds. The van der Waals surface area contributed by atoms with E-state index in [9.17, 15) is 0 Å². The van der Waals surface area contributed by atoms with Crippen molar-refractivity contribution in [1.29, 1.82) is 0 Å². The standard InChI is InChI=1S/C44H41IN2S2/c1-8-9-10-23-15-27-30-21-26(45)22-34-38-14-13-37(49-38)33-20-25(44(5,6)7)18-29-28-17-24(43(2,3)4)19-32(40(28)47-41(29)33)36-12-11-35(48-36)31(16-23)39(27)46-42(30)34/h11-22,46-47H,8-10H2,1-7H3. The summed E-state index contributed by atoms with van der Waals surface area (Å²) in [5.74, 6) is 0. The summed E-state index contributed by atoms with van der Waals surface area (Å²) >= 11 is 6.35. The average Bonchev–Trinajstić information content (AvgIpc) is 3.86. The highest BCUT2D eigenvalue weighted by Gasteiger charge is 2.22. The van der Waals surface area contributed by atoms with Crippen LogP contribution in [-0.2, 0) is 17.3 Å².